The van der Waals surface area contributed by atoms with Gasteiger partial charge in [0, 0.05) is 33.6 Å². The van der Waals surface area contributed by atoms with Crippen LogP contribution in [0.1, 0.15) is 31.8 Å². The summed E-state index contributed by atoms with van der Waals surface area (Å²) in [6, 6.07) is 29.3. The van der Waals surface area contributed by atoms with Crippen LogP contribution >= 0.6 is 0 Å². The molecule has 2 amide bonds. The molecule has 0 aliphatic carbocycles. The Kier molecular flexibility index (Phi) is 6.59. The molecule has 0 bridgehead atoms. The molecule has 5 aromatic rings. The lowest BCUT2D eigenvalue weighted by Crippen LogP contribution is -2.11. The zero-order chi connectivity index (χ0) is 25.8. The monoisotopic (exact) mass is 488 g/mol. The Bertz CT molecular complexity index is 1450. The minimum Gasteiger partial charge on any atom is -0.416 e. The normalized spacial score (nSPS) is 10.6. The number of hydrogen-bond donors (Lipinski definition) is 2. The van der Waals surface area contributed by atoms with Gasteiger partial charge in [0.25, 0.3) is 11.8 Å². The summed E-state index contributed by atoms with van der Waals surface area (Å²) in [6.07, 6.45) is 0. The topological polar surface area (TPSA) is 97.1 Å². The van der Waals surface area contributed by atoms with Crippen LogP contribution in [-0.4, -0.2) is 22.0 Å². The molecule has 1 heterocycles. The van der Waals surface area contributed by atoms with Gasteiger partial charge in [0.2, 0.25) is 11.8 Å². The van der Waals surface area contributed by atoms with Gasteiger partial charge < -0.3 is 15.1 Å². The molecule has 4 aromatic carbocycles. The van der Waals surface area contributed by atoms with E-state index in [1.165, 1.54) is 0 Å². The summed E-state index contributed by atoms with van der Waals surface area (Å²) in [4.78, 5) is 24.9. The summed E-state index contributed by atoms with van der Waals surface area (Å²) in [5.74, 6) is 0.386. The molecule has 0 aliphatic heterocycles. The van der Waals surface area contributed by atoms with E-state index in [0.717, 1.165) is 22.3 Å². The number of nitrogens with zero attached hydrogens (tertiary/aromatic N) is 2. The van der Waals surface area contributed by atoms with E-state index in [0.29, 0.717) is 34.3 Å². The maximum Gasteiger partial charge on any atom is 0.255 e. The standard InChI is InChI=1S/C30H24N4O3/c1-19-5-3-7-23(17-19)27(35)31-25-13-9-21(10-14-25)29-33-34-30(37-29)22-11-15-26(16-12-22)32-28(36)24-8-4-6-20(2)18-24/h3-18H,1-2H3,(H,31,35)(H,32,36). The van der Waals surface area contributed by atoms with E-state index < -0.39 is 0 Å². The summed E-state index contributed by atoms with van der Waals surface area (Å²) in [5, 5.41) is 14.1. The van der Waals surface area contributed by atoms with Gasteiger partial charge in [-0.25, -0.2) is 0 Å². The van der Waals surface area contributed by atoms with Crippen molar-refractivity contribution < 1.29 is 14.0 Å². The molecule has 7 nitrogen and oxygen atoms in total. The summed E-state index contributed by atoms with van der Waals surface area (Å²) in [5.41, 5.74) is 6.05. The first-order valence-electron chi connectivity index (χ1n) is 11.7. The quantitative estimate of drug-likeness (QED) is 0.283. The molecule has 37 heavy (non-hydrogen) atoms. The van der Waals surface area contributed by atoms with Gasteiger partial charge in [0.1, 0.15) is 0 Å². The third-order valence-corrected chi connectivity index (χ3v) is 5.76. The molecule has 7 heteroatoms. The van der Waals surface area contributed by atoms with Gasteiger partial charge in [0.05, 0.1) is 0 Å². The first kappa shape index (κ1) is 23.7. The minimum atomic E-state index is -0.171. The smallest absolute Gasteiger partial charge is 0.255 e. The van der Waals surface area contributed by atoms with Crippen molar-refractivity contribution in [3.8, 4) is 22.9 Å². The number of hydrogen-bond acceptors (Lipinski definition) is 5. The fraction of sp³-hybridized carbons (Fsp3) is 0.0667. The highest BCUT2D eigenvalue weighted by molar-refractivity contribution is 6.05. The lowest BCUT2D eigenvalue weighted by Gasteiger charge is -2.06. The van der Waals surface area contributed by atoms with Gasteiger partial charge in [-0.3, -0.25) is 9.59 Å². The Morgan fingerprint density at radius 3 is 1.38 bits per heavy atom. The molecule has 0 radical (unpaired) electrons. The van der Waals surface area contributed by atoms with E-state index >= 15 is 0 Å². The Morgan fingerprint density at radius 1 is 0.595 bits per heavy atom. The number of nitrogens with one attached hydrogen (secondary N) is 2. The van der Waals surface area contributed by atoms with Crippen molar-refractivity contribution >= 4 is 23.2 Å². The van der Waals surface area contributed by atoms with Crippen LogP contribution in [0.15, 0.2) is 101 Å². The van der Waals surface area contributed by atoms with E-state index in [2.05, 4.69) is 20.8 Å². The molecule has 0 atom stereocenters. The summed E-state index contributed by atoms with van der Waals surface area (Å²) >= 11 is 0. The van der Waals surface area contributed by atoms with Crippen molar-refractivity contribution in [3.63, 3.8) is 0 Å². The molecule has 0 aliphatic rings. The number of carbonyl (C=O) groups excluding carboxylic acids is 2. The fourth-order valence-electron chi connectivity index (χ4n) is 3.83. The number of amides is 2. The second-order valence-corrected chi connectivity index (χ2v) is 8.71. The Hall–Kier alpha value is -5.04. The highest BCUT2D eigenvalue weighted by atomic mass is 16.4. The van der Waals surface area contributed by atoms with Gasteiger partial charge in [-0.15, -0.1) is 10.2 Å². The van der Waals surface area contributed by atoms with Gasteiger partial charge in [-0.1, -0.05) is 35.4 Å². The second kappa shape index (κ2) is 10.3. The first-order valence-corrected chi connectivity index (χ1v) is 11.7. The first-order chi connectivity index (χ1) is 17.9. The van der Waals surface area contributed by atoms with E-state index in [4.69, 9.17) is 4.42 Å². The van der Waals surface area contributed by atoms with Crippen molar-refractivity contribution in [3.05, 3.63) is 119 Å². The van der Waals surface area contributed by atoms with Crippen LogP contribution in [0.25, 0.3) is 22.9 Å². The van der Waals surface area contributed by atoms with Crippen LogP contribution in [0.2, 0.25) is 0 Å². The predicted molar refractivity (Wildman–Crippen MR) is 143 cm³/mol. The predicted octanol–water partition coefficient (Wildman–Crippen LogP) is 6.53. The van der Waals surface area contributed by atoms with Crippen LogP contribution in [0, 0.1) is 13.8 Å². The van der Waals surface area contributed by atoms with Crippen molar-refractivity contribution in [1.82, 2.24) is 10.2 Å². The zero-order valence-electron chi connectivity index (χ0n) is 20.4. The van der Waals surface area contributed by atoms with Crippen LogP contribution < -0.4 is 10.6 Å². The summed E-state index contributed by atoms with van der Waals surface area (Å²) in [7, 11) is 0. The summed E-state index contributed by atoms with van der Waals surface area (Å²) in [6.45, 7) is 3.90. The summed E-state index contributed by atoms with van der Waals surface area (Å²) < 4.78 is 5.87. The second-order valence-electron chi connectivity index (χ2n) is 8.71. The minimum absolute atomic E-state index is 0.171. The molecule has 0 saturated carbocycles. The molecule has 2 N–H and O–H groups in total. The van der Waals surface area contributed by atoms with E-state index in [1.807, 2.05) is 74.5 Å². The maximum absolute atomic E-state index is 12.5. The third-order valence-electron chi connectivity index (χ3n) is 5.76. The fourth-order valence-corrected chi connectivity index (χ4v) is 3.83. The molecular weight excluding hydrogens is 464 g/mol. The number of rotatable bonds is 6. The van der Waals surface area contributed by atoms with Gasteiger partial charge in [-0.2, -0.15) is 0 Å². The van der Waals surface area contributed by atoms with Crippen LogP contribution in [0.3, 0.4) is 0 Å². The van der Waals surface area contributed by atoms with Crippen LogP contribution in [0.5, 0.6) is 0 Å². The number of benzene rings is 4. The van der Waals surface area contributed by atoms with Crippen LogP contribution in [0.4, 0.5) is 11.4 Å². The van der Waals surface area contributed by atoms with Crippen molar-refractivity contribution in [2.24, 2.45) is 0 Å². The van der Waals surface area contributed by atoms with E-state index in [1.54, 1.807) is 36.4 Å². The Morgan fingerprint density at radius 2 is 1.00 bits per heavy atom. The van der Waals surface area contributed by atoms with Gasteiger partial charge in [-0.05, 0) is 86.6 Å². The molecule has 0 saturated heterocycles. The van der Waals surface area contributed by atoms with Crippen molar-refractivity contribution in [2.75, 3.05) is 10.6 Å². The number of aryl methyl sites for hydroxylation is 2. The highest BCUT2D eigenvalue weighted by Crippen LogP contribution is 2.26. The Balaban J connectivity index is 1.24. The largest absolute Gasteiger partial charge is 0.416 e. The van der Waals surface area contributed by atoms with E-state index in [9.17, 15) is 9.59 Å². The Labute approximate surface area is 214 Å². The molecular formula is C30H24N4O3. The third kappa shape index (κ3) is 5.62. The number of aromatic nitrogens is 2. The van der Waals surface area contributed by atoms with Crippen molar-refractivity contribution in [1.29, 1.82) is 0 Å². The molecule has 5 rings (SSSR count). The zero-order valence-corrected chi connectivity index (χ0v) is 20.4. The number of anilines is 2. The highest BCUT2D eigenvalue weighted by Gasteiger charge is 2.12. The lowest BCUT2D eigenvalue weighted by atomic mass is 10.1. The van der Waals surface area contributed by atoms with Gasteiger partial charge in [0.15, 0.2) is 0 Å². The molecule has 1 aromatic heterocycles. The van der Waals surface area contributed by atoms with Gasteiger partial charge >= 0.3 is 0 Å². The van der Waals surface area contributed by atoms with Crippen LogP contribution in [-0.2, 0) is 0 Å². The molecule has 0 spiro atoms. The molecule has 0 fully saturated rings. The lowest BCUT2D eigenvalue weighted by molar-refractivity contribution is 0.101. The van der Waals surface area contributed by atoms with Crippen molar-refractivity contribution in [2.45, 2.75) is 13.8 Å². The average Bonchev–Trinajstić information content (AvgIpc) is 3.40. The maximum atomic E-state index is 12.5. The average molecular weight is 489 g/mol. The molecule has 182 valence electrons. The van der Waals surface area contributed by atoms with E-state index in [-0.39, 0.29) is 11.8 Å². The number of carbonyl (C=O) groups is 2. The SMILES string of the molecule is Cc1cccc(C(=O)Nc2ccc(-c3nnc(-c4ccc(NC(=O)c5cccc(C)c5)cc4)o3)cc2)c1. The molecule has 0 unspecified atom stereocenters.